The number of carbonyl (C=O) groups is 1. The predicted molar refractivity (Wildman–Crippen MR) is 73.7 cm³/mol. The van der Waals surface area contributed by atoms with Crippen molar-refractivity contribution >= 4 is 21.8 Å². The molecule has 98 valence electrons. The highest BCUT2D eigenvalue weighted by Crippen LogP contribution is 2.15. The summed E-state index contributed by atoms with van der Waals surface area (Å²) in [6.07, 6.45) is 0. The molecule has 1 aromatic carbocycles. The molecule has 4 nitrogen and oxygen atoms in total. The average molecular weight is 313 g/mol. The molecule has 1 unspecified atom stereocenters. The summed E-state index contributed by atoms with van der Waals surface area (Å²) in [5, 5.41) is 3.10. The van der Waals surface area contributed by atoms with Crippen LogP contribution in [-0.4, -0.2) is 50.2 Å². The maximum atomic E-state index is 12.4. The molecule has 1 atom stereocenters. The van der Waals surface area contributed by atoms with Gasteiger partial charge in [0.25, 0.3) is 5.91 Å². The molecule has 2 rings (SSSR count). The van der Waals surface area contributed by atoms with Crippen LogP contribution in [0.3, 0.4) is 0 Å². The van der Waals surface area contributed by atoms with Gasteiger partial charge in [0.2, 0.25) is 0 Å². The minimum absolute atomic E-state index is 0.0750. The molecule has 5 heteroatoms. The van der Waals surface area contributed by atoms with Crippen LogP contribution in [0.1, 0.15) is 10.4 Å². The Kier molecular flexibility index (Phi) is 4.74. The van der Waals surface area contributed by atoms with E-state index in [1.54, 1.807) is 0 Å². The smallest absolute Gasteiger partial charge is 0.254 e. The fourth-order valence-corrected chi connectivity index (χ4v) is 2.35. The van der Waals surface area contributed by atoms with Gasteiger partial charge < -0.3 is 15.0 Å². The highest BCUT2D eigenvalue weighted by molar-refractivity contribution is 9.10. The third-order valence-corrected chi connectivity index (χ3v) is 3.55. The molecule has 1 aliphatic heterocycles. The summed E-state index contributed by atoms with van der Waals surface area (Å²) in [5.41, 5.74) is 0.723. The van der Waals surface area contributed by atoms with Gasteiger partial charge in [-0.1, -0.05) is 15.9 Å². The third kappa shape index (κ3) is 3.10. The Hall–Kier alpha value is -0.910. The summed E-state index contributed by atoms with van der Waals surface area (Å²) in [4.78, 5) is 14.3. The van der Waals surface area contributed by atoms with Gasteiger partial charge in [0.1, 0.15) is 0 Å². The number of ether oxygens (including phenoxy) is 1. The maximum absolute atomic E-state index is 12.4. The fraction of sp³-hybridized carbons (Fsp3) is 0.462. The summed E-state index contributed by atoms with van der Waals surface area (Å²) in [7, 11) is 1.89. The van der Waals surface area contributed by atoms with E-state index in [4.69, 9.17) is 4.74 Å². The van der Waals surface area contributed by atoms with Crippen molar-refractivity contribution in [2.75, 3.05) is 33.4 Å². The zero-order valence-corrected chi connectivity index (χ0v) is 11.9. The molecule has 0 spiro atoms. The first-order chi connectivity index (χ1) is 8.72. The van der Waals surface area contributed by atoms with Crippen molar-refractivity contribution in [2.24, 2.45) is 0 Å². The molecule has 0 aliphatic carbocycles. The Bertz CT molecular complexity index is 406. The molecule has 1 heterocycles. The number of nitrogens with zero attached hydrogens (tertiary/aromatic N) is 1. The van der Waals surface area contributed by atoms with Crippen LogP contribution in [0, 0.1) is 0 Å². The molecule has 18 heavy (non-hydrogen) atoms. The summed E-state index contributed by atoms with van der Waals surface area (Å²) in [5.74, 6) is 0.0750. The first-order valence-corrected chi connectivity index (χ1v) is 6.80. The Morgan fingerprint density at radius 2 is 2.22 bits per heavy atom. The number of hydrogen-bond donors (Lipinski definition) is 1. The second-order valence-corrected chi connectivity index (χ2v) is 5.21. The summed E-state index contributed by atoms with van der Waals surface area (Å²) in [6, 6.07) is 7.58. The van der Waals surface area contributed by atoms with Crippen LogP contribution in [0.2, 0.25) is 0 Å². The average Bonchev–Trinajstić information content (AvgIpc) is 2.40. The number of hydrogen-bond acceptors (Lipinski definition) is 3. The van der Waals surface area contributed by atoms with Crippen LogP contribution in [0.5, 0.6) is 0 Å². The fourth-order valence-electron chi connectivity index (χ4n) is 2.09. The molecule has 0 radical (unpaired) electrons. The lowest BCUT2D eigenvalue weighted by Crippen LogP contribution is -2.52. The number of rotatable bonds is 3. The number of benzene rings is 1. The van der Waals surface area contributed by atoms with E-state index in [1.165, 1.54) is 0 Å². The lowest BCUT2D eigenvalue weighted by Gasteiger charge is -2.35. The topological polar surface area (TPSA) is 41.6 Å². The van der Waals surface area contributed by atoms with Crippen molar-refractivity contribution in [1.29, 1.82) is 0 Å². The highest BCUT2D eigenvalue weighted by atomic mass is 79.9. The largest absolute Gasteiger partial charge is 0.377 e. The summed E-state index contributed by atoms with van der Waals surface area (Å²) >= 11 is 3.37. The zero-order valence-electron chi connectivity index (χ0n) is 10.4. The summed E-state index contributed by atoms with van der Waals surface area (Å²) < 4.78 is 6.41. The minimum atomic E-state index is 0.0750. The zero-order chi connectivity index (χ0) is 13.0. The lowest BCUT2D eigenvalue weighted by atomic mass is 10.1. The first kappa shape index (κ1) is 13.5. The number of amides is 1. The van der Waals surface area contributed by atoms with Crippen molar-refractivity contribution in [2.45, 2.75) is 6.04 Å². The normalized spacial score (nSPS) is 19.9. The van der Waals surface area contributed by atoms with Gasteiger partial charge in [0.05, 0.1) is 19.3 Å². The van der Waals surface area contributed by atoms with Gasteiger partial charge in [0, 0.05) is 23.1 Å². The van der Waals surface area contributed by atoms with Gasteiger partial charge in [-0.3, -0.25) is 4.79 Å². The Morgan fingerprint density at radius 3 is 2.89 bits per heavy atom. The SMILES string of the molecule is CNCC1COCCN1C(=O)c1ccc(Br)cc1. The number of nitrogens with one attached hydrogen (secondary N) is 1. The standard InChI is InChI=1S/C13H17BrN2O2/c1-15-8-12-9-18-7-6-16(12)13(17)10-2-4-11(14)5-3-10/h2-5,12,15H,6-9H2,1H3. The number of halogens is 1. The second-order valence-electron chi connectivity index (χ2n) is 4.29. The molecule has 1 aromatic rings. The molecular formula is C13H17BrN2O2. The van der Waals surface area contributed by atoms with Gasteiger partial charge in [0.15, 0.2) is 0 Å². The molecule has 1 fully saturated rings. The van der Waals surface area contributed by atoms with Crippen LogP contribution >= 0.6 is 15.9 Å². The first-order valence-electron chi connectivity index (χ1n) is 6.01. The van der Waals surface area contributed by atoms with E-state index in [0.717, 1.165) is 16.6 Å². The van der Waals surface area contributed by atoms with Crippen molar-refractivity contribution in [3.8, 4) is 0 Å². The van der Waals surface area contributed by atoms with E-state index in [1.807, 2.05) is 36.2 Å². The van der Waals surface area contributed by atoms with Gasteiger partial charge in [-0.25, -0.2) is 0 Å². The minimum Gasteiger partial charge on any atom is -0.377 e. The Morgan fingerprint density at radius 1 is 1.50 bits per heavy atom. The van der Waals surface area contributed by atoms with Crippen molar-refractivity contribution in [3.63, 3.8) is 0 Å². The van der Waals surface area contributed by atoms with Gasteiger partial charge in [-0.2, -0.15) is 0 Å². The highest BCUT2D eigenvalue weighted by Gasteiger charge is 2.27. The molecule has 1 saturated heterocycles. The van der Waals surface area contributed by atoms with Crippen LogP contribution in [0.4, 0.5) is 0 Å². The van der Waals surface area contributed by atoms with Crippen molar-refractivity contribution < 1.29 is 9.53 Å². The quantitative estimate of drug-likeness (QED) is 0.920. The van der Waals surface area contributed by atoms with E-state index in [0.29, 0.717) is 19.8 Å². The monoisotopic (exact) mass is 312 g/mol. The van der Waals surface area contributed by atoms with Crippen molar-refractivity contribution in [3.05, 3.63) is 34.3 Å². The number of morpholine rings is 1. The van der Waals surface area contributed by atoms with E-state index < -0.39 is 0 Å². The Labute approximate surface area is 115 Å². The molecule has 1 N–H and O–H groups in total. The molecule has 0 aromatic heterocycles. The van der Waals surface area contributed by atoms with Crippen LogP contribution in [0.15, 0.2) is 28.7 Å². The van der Waals surface area contributed by atoms with Gasteiger partial charge >= 0.3 is 0 Å². The maximum Gasteiger partial charge on any atom is 0.254 e. The molecular weight excluding hydrogens is 296 g/mol. The molecule has 0 bridgehead atoms. The van der Waals surface area contributed by atoms with Crippen LogP contribution in [-0.2, 0) is 4.74 Å². The van der Waals surface area contributed by atoms with Gasteiger partial charge in [-0.05, 0) is 31.3 Å². The lowest BCUT2D eigenvalue weighted by molar-refractivity contribution is -0.000975. The molecule has 1 amide bonds. The van der Waals surface area contributed by atoms with Crippen LogP contribution < -0.4 is 5.32 Å². The third-order valence-electron chi connectivity index (χ3n) is 3.02. The Balaban J connectivity index is 2.12. The van der Waals surface area contributed by atoms with Gasteiger partial charge in [-0.15, -0.1) is 0 Å². The second kappa shape index (κ2) is 6.31. The number of carbonyl (C=O) groups excluding carboxylic acids is 1. The van der Waals surface area contributed by atoms with E-state index >= 15 is 0 Å². The number of likely N-dealkylation sites (N-methyl/N-ethyl adjacent to an activating group) is 1. The summed E-state index contributed by atoms with van der Waals surface area (Å²) in [6.45, 7) is 2.62. The molecule has 1 aliphatic rings. The van der Waals surface area contributed by atoms with E-state index in [-0.39, 0.29) is 11.9 Å². The molecule has 0 saturated carbocycles. The van der Waals surface area contributed by atoms with E-state index in [9.17, 15) is 4.79 Å². The predicted octanol–water partition coefficient (Wildman–Crippen LogP) is 1.51. The van der Waals surface area contributed by atoms with E-state index in [2.05, 4.69) is 21.2 Å². The van der Waals surface area contributed by atoms with Crippen LogP contribution in [0.25, 0.3) is 0 Å². The van der Waals surface area contributed by atoms with Crippen molar-refractivity contribution in [1.82, 2.24) is 10.2 Å².